The molecular formula is C16H15FN2O2. The molecule has 2 aromatic rings. The Bertz CT molecular complexity index is 675. The van der Waals surface area contributed by atoms with Crippen molar-refractivity contribution in [1.29, 1.82) is 0 Å². The molecule has 2 heterocycles. The zero-order chi connectivity index (χ0) is 14.8. The van der Waals surface area contributed by atoms with Crippen LogP contribution in [-0.4, -0.2) is 22.5 Å². The molecule has 0 radical (unpaired) electrons. The van der Waals surface area contributed by atoms with E-state index >= 15 is 0 Å². The fourth-order valence-corrected chi connectivity index (χ4v) is 2.63. The first kappa shape index (κ1) is 13.7. The van der Waals surface area contributed by atoms with Gasteiger partial charge in [-0.25, -0.2) is 4.39 Å². The predicted molar refractivity (Wildman–Crippen MR) is 76.5 cm³/mol. The predicted octanol–water partition coefficient (Wildman–Crippen LogP) is 2.69. The normalized spacial score (nSPS) is 18.0. The topological polar surface area (TPSA) is 53.4 Å². The number of para-hydroxylation sites is 1. The molecule has 0 saturated heterocycles. The molecule has 0 aliphatic carbocycles. The number of carbonyl (C=O) groups excluding carboxylic acids is 1. The highest BCUT2D eigenvalue weighted by Crippen LogP contribution is 2.33. The second-order valence-corrected chi connectivity index (χ2v) is 5.07. The maximum atomic E-state index is 13.3. The van der Waals surface area contributed by atoms with Crippen molar-refractivity contribution >= 4 is 11.6 Å². The molecule has 1 aliphatic rings. The van der Waals surface area contributed by atoms with Gasteiger partial charge in [-0.3, -0.25) is 9.78 Å². The lowest BCUT2D eigenvalue weighted by Gasteiger charge is -2.23. The summed E-state index contributed by atoms with van der Waals surface area (Å²) in [4.78, 5) is 17.9. The molecule has 0 bridgehead atoms. The molecule has 1 atom stereocenters. The summed E-state index contributed by atoms with van der Waals surface area (Å²) < 4.78 is 13.3. The van der Waals surface area contributed by atoms with Crippen LogP contribution in [0.3, 0.4) is 0 Å². The van der Waals surface area contributed by atoms with Crippen LogP contribution in [0.5, 0.6) is 0 Å². The molecule has 0 saturated carbocycles. The lowest BCUT2D eigenvalue weighted by Crippen LogP contribution is -2.31. The molecule has 21 heavy (non-hydrogen) atoms. The summed E-state index contributed by atoms with van der Waals surface area (Å²) in [5, 5.41) is 10.1. The van der Waals surface area contributed by atoms with Gasteiger partial charge in [0.1, 0.15) is 5.82 Å². The van der Waals surface area contributed by atoms with Crippen molar-refractivity contribution in [3.05, 3.63) is 59.7 Å². The van der Waals surface area contributed by atoms with Crippen LogP contribution in [0.1, 0.15) is 34.9 Å². The Kier molecular flexibility index (Phi) is 3.66. The highest BCUT2D eigenvalue weighted by molar-refractivity contribution is 6.06. The van der Waals surface area contributed by atoms with Gasteiger partial charge in [0.05, 0.1) is 17.9 Å². The summed E-state index contributed by atoms with van der Waals surface area (Å²) in [6.45, 7) is 0.490. The number of hydrogen-bond acceptors (Lipinski definition) is 3. The van der Waals surface area contributed by atoms with E-state index in [2.05, 4.69) is 4.98 Å². The Morgan fingerprint density at radius 3 is 2.95 bits per heavy atom. The van der Waals surface area contributed by atoms with E-state index in [0.717, 1.165) is 11.8 Å². The Morgan fingerprint density at radius 1 is 1.33 bits per heavy atom. The van der Waals surface area contributed by atoms with Crippen LogP contribution in [0.25, 0.3) is 0 Å². The van der Waals surface area contributed by atoms with Gasteiger partial charge in [0.15, 0.2) is 0 Å². The van der Waals surface area contributed by atoms with Gasteiger partial charge in [-0.05, 0) is 25.0 Å². The molecule has 1 aromatic heterocycles. The zero-order valence-electron chi connectivity index (χ0n) is 11.4. The fourth-order valence-electron chi connectivity index (χ4n) is 2.63. The number of anilines is 1. The van der Waals surface area contributed by atoms with Crippen molar-refractivity contribution in [2.75, 3.05) is 11.4 Å². The number of benzene rings is 1. The third kappa shape index (κ3) is 2.64. The Balaban J connectivity index is 2.02. The second-order valence-electron chi connectivity index (χ2n) is 5.07. The molecule has 1 N–H and O–H groups in total. The number of nitrogens with zero attached hydrogens (tertiary/aromatic N) is 2. The quantitative estimate of drug-likeness (QED) is 0.877. The summed E-state index contributed by atoms with van der Waals surface area (Å²) in [7, 11) is 0. The second kappa shape index (κ2) is 5.61. The number of rotatable bonds is 1. The van der Waals surface area contributed by atoms with E-state index < -0.39 is 11.9 Å². The largest absolute Gasteiger partial charge is 0.388 e. The first-order chi connectivity index (χ1) is 10.2. The number of aliphatic hydroxyl groups excluding tert-OH is 1. The summed E-state index contributed by atoms with van der Waals surface area (Å²) in [6.07, 6.45) is 3.13. The van der Waals surface area contributed by atoms with E-state index in [4.69, 9.17) is 0 Å². The highest BCUT2D eigenvalue weighted by atomic mass is 19.1. The van der Waals surface area contributed by atoms with E-state index in [9.17, 15) is 14.3 Å². The Hall–Kier alpha value is -2.27. The molecule has 1 aliphatic heterocycles. The van der Waals surface area contributed by atoms with Gasteiger partial charge in [-0.2, -0.15) is 0 Å². The lowest BCUT2D eigenvalue weighted by atomic mass is 10.0. The van der Waals surface area contributed by atoms with Gasteiger partial charge in [0, 0.05) is 24.0 Å². The average Bonchev–Trinajstić information content (AvgIpc) is 2.66. The third-order valence-electron chi connectivity index (χ3n) is 3.64. The van der Waals surface area contributed by atoms with Crippen LogP contribution >= 0.6 is 0 Å². The molecule has 0 fully saturated rings. The number of aliphatic hydroxyl groups is 1. The van der Waals surface area contributed by atoms with Crippen LogP contribution < -0.4 is 4.90 Å². The van der Waals surface area contributed by atoms with Crippen molar-refractivity contribution < 1.29 is 14.3 Å². The first-order valence-corrected chi connectivity index (χ1v) is 6.86. The summed E-state index contributed by atoms with van der Waals surface area (Å²) >= 11 is 0. The van der Waals surface area contributed by atoms with Crippen LogP contribution in [-0.2, 0) is 0 Å². The smallest absolute Gasteiger partial charge is 0.259 e. The number of carbonyl (C=O) groups is 1. The summed E-state index contributed by atoms with van der Waals surface area (Å²) in [5.41, 5.74) is 1.62. The molecule has 4 nitrogen and oxygen atoms in total. The van der Waals surface area contributed by atoms with Crippen molar-refractivity contribution in [2.45, 2.75) is 18.9 Å². The SMILES string of the molecule is O=C(c1cncc(F)c1)N1CCCC(O)c2ccccc21. The van der Waals surface area contributed by atoms with E-state index in [1.807, 2.05) is 18.2 Å². The van der Waals surface area contributed by atoms with Crippen molar-refractivity contribution in [3.63, 3.8) is 0 Å². The van der Waals surface area contributed by atoms with Gasteiger partial charge in [-0.15, -0.1) is 0 Å². The van der Waals surface area contributed by atoms with Crippen LogP contribution in [0.2, 0.25) is 0 Å². The number of halogens is 1. The molecule has 108 valence electrons. The fraction of sp³-hybridized carbons (Fsp3) is 0.250. The number of aromatic nitrogens is 1. The average molecular weight is 286 g/mol. The molecule has 1 aromatic carbocycles. The lowest BCUT2D eigenvalue weighted by molar-refractivity contribution is 0.0986. The van der Waals surface area contributed by atoms with Crippen LogP contribution in [0.4, 0.5) is 10.1 Å². The number of pyridine rings is 1. The van der Waals surface area contributed by atoms with Crippen LogP contribution in [0.15, 0.2) is 42.7 Å². The van der Waals surface area contributed by atoms with Crippen molar-refractivity contribution in [3.8, 4) is 0 Å². The van der Waals surface area contributed by atoms with Gasteiger partial charge in [0.2, 0.25) is 0 Å². The monoisotopic (exact) mass is 286 g/mol. The van der Waals surface area contributed by atoms with Gasteiger partial charge >= 0.3 is 0 Å². The van der Waals surface area contributed by atoms with Gasteiger partial charge in [0.25, 0.3) is 5.91 Å². The van der Waals surface area contributed by atoms with E-state index in [1.54, 1.807) is 11.0 Å². The van der Waals surface area contributed by atoms with E-state index in [1.165, 1.54) is 12.3 Å². The molecule has 1 amide bonds. The minimum absolute atomic E-state index is 0.209. The highest BCUT2D eigenvalue weighted by Gasteiger charge is 2.26. The molecule has 5 heteroatoms. The standard InChI is InChI=1S/C16H15FN2O2/c17-12-8-11(9-18-10-12)16(21)19-7-3-6-15(20)13-4-1-2-5-14(13)19/h1-2,4-5,8-10,15,20H,3,6-7H2. The molecular weight excluding hydrogens is 271 g/mol. The van der Waals surface area contributed by atoms with Gasteiger partial charge in [-0.1, -0.05) is 18.2 Å². The number of amides is 1. The molecule has 1 unspecified atom stereocenters. The minimum atomic E-state index is -0.579. The Morgan fingerprint density at radius 2 is 2.14 bits per heavy atom. The van der Waals surface area contributed by atoms with Gasteiger partial charge < -0.3 is 10.0 Å². The summed E-state index contributed by atoms with van der Waals surface area (Å²) in [5.74, 6) is -0.840. The maximum Gasteiger partial charge on any atom is 0.259 e. The number of hydrogen-bond donors (Lipinski definition) is 1. The van der Waals surface area contributed by atoms with Crippen molar-refractivity contribution in [2.24, 2.45) is 0 Å². The van der Waals surface area contributed by atoms with Crippen LogP contribution in [0, 0.1) is 5.82 Å². The number of fused-ring (bicyclic) bond motifs is 1. The van der Waals surface area contributed by atoms with E-state index in [-0.39, 0.29) is 11.5 Å². The maximum absolute atomic E-state index is 13.3. The van der Waals surface area contributed by atoms with E-state index in [0.29, 0.717) is 25.1 Å². The summed E-state index contributed by atoms with van der Waals surface area (Å²) in [6, 6.07) is 8.45. The first-order valence-electron chi connectivity index (χ1n) is 6.86. The minimum Gasteiger partial charge on any atom is -0.388 e. The Labute approximate surface area is 121 Å². The molecule has 3 rings (SSSR count). The van der Waals surface area contributed by atoms with Crippen molar-refractivity contribution in [1.82, 2.24) is 4.98 Å². The zero-order valence-corrected chi connectivity index (χ0v) is 11.4. The third-order valence-corrected chi connectivity index (χ3v) is 3.64. The molecule has 0 spiro atoms.